The van der Waals surface area contributed by atoms with Gasteiger partial charge in [-0.3, -0.25) is 0 Å². The summed E-state index contributed by atoms with van der Waals surface area (Å²) in [5, 5.41) is 3.55. The van der Waals surface area contributed by atoms with E-state index in [0.29, 0.717) is 11.4 Å². The third-order valence-corrected chi connectivity index (χ3v) is 3.24. The summed E-state index contributed by atoms with van der Waals surface area (Å²) in [6.45, 7) is 2.27. The largest absolute Gasteiger partial charge is 0.397 e. The fraction of sp³-hybridized carbons (Fsp3) is 0.500. The Bertz CT molecular complexity index is 354. The standard InChI is InChI=1S/C12H19N3/c1-12(6-2-3-7-12)15-9-4-5-10(13)11(14)8-9/h4-5,8,15H,2-3,6-7,13-14H2,1H3. The van der Waals surface area contributed by atoms with Crippen LogP contribution in [0, 0.1) is 0 Å². The van der Waals surface area contributed by atoms with Gasteiger partial charge < -0.3 is 16.8 Å². The SMILES string of the molecule is CC1(Nc2ccc(N)c(N)c2)CCCC1. The molecule has 0 aliphatic heterocycles. The zero-order valence-corrected chi connectivity index (χ0v) is 9.22. The predicted octanol–water partition coefficient (Wildman–Crippen LogP) is 2.60. The topological polar surface area (TPSA) is 64.1 Å². The highest BCUT2D eigenvalue weighted by atomic mass is 15.0. The number of nitrogens with two attached hydrogens (primary N) is 2. The summed E-state index contributed by atoms with van der Waals surface area (Å²) < 4.78 is 0. The first-order valence-electron chi connectivity index (χ1n) is 5.52. The van der Waals surface area contributed by atoms with Crippen molar-refractivity contribution >= 4 is 17.1 Å². The normalized spacial score (nSPS) is 19.0. The highest BCUT2D eigenvalue weighted by molar-refractivity contribution is 5.69. The van der Waals surface area contributed by atoms with Gasteiger partial charge in [-0.1, -0.05) is 12.8 Å². The molecule has 0 bridgehead atoms. The molecule has 2 rings (SSSR count). The molecule has 0 radical (unpaired) electrons. The summed E-state index contributed by atoms with van der Waals surface area (Å²) in [6.07, 6.45) is 5.09. The Balaban J connectivity index is 2.13. The summed E-state index contributed by atoms with van der Waals surface area (Å²) in [5.41, 5.74) is 14.1. The zero-order chi connectivity index (χ0) is 10.9. The first kappa shape index (κ1) is 10.1. The minimum Gasteiger partial charge on any atom is -0.397 e. The summed E-state index contributed by atoms with van der Waals surface area (Å²) in [6, 6.07) is 5.77. The molecule has 1 aliphatic rings. The maximum absolute atomic E-state index is 5.77. The minimum absolute atomic E-state index is 0.239. The van der Waals surface area contributed by atoms with Gasteiger partial charge in [0.1, 0.15) is 0 Å². The van der Waals surface area contributed by atoms with Gasteiger partial charge in [-0.2, -0.15) is 0 Å². The summed E-state index contributed by atoms with van der Waals surface area (Å²) in [7, 11) is 0. The highest BCUT2D eigenvalue weighted by Crippen LogP contribution is 2.33. The quantitative estimate of drug-likeness (QED) is 0.650. The van der Waals surface area contributed by atoms with Gasteiger partial charge in [0.2, 0.25) is 0 Å². The van der Waals surface area contributed by atoms with Crippen molar-refractivity contribution in [3.8, 4) is 0 Å². The predicted molar refractivity (Wildman–Crippen MR) is 65.8 cm³/mol. The van der Waals surface area contributed by atoms with Crippen molar-refractivity contribution in [1.82, 2.24) is 0 Å². The summed E-state index contributed by atoms with van der Waals surface area (Å²) >= 11 is 0. The molecule has 0 aromatic heterocycles. The van der Waals surface area contributed by atoms with Gasteiger partial charge in [-0.05, 0) is 38.0 Å². The molecule has 1 aliphatic carbocycles. The Morgan fingerprint density at radius 1 is 1.13 bits per heavy atom. The fourth-order valence-electron chi connectivity index (χ4n) is 2.28. The Morgan fingerprint density at radius 2 is 1.80 bits per heavy atom. The van der Waals surface area contributed by atoms with Crippen molar-refractivity contribution in [2.45, 2.75) is 38.1 Å². The Kier molecular flexibility index (Phi) is 2.47. The fourth-order valence-corrected chi connectivity index (χ4v) is 2.28. The molecule has 5 N–H and O–H groups in total. The van der Waals surface area contributed by atoms with E-state index in [4.69, 9.17) is 11.5 Å². The molecule has 0 saturated heterocycles. The van der Waals surface area contributed by atoms with E-state index in [9.17, 15) is 0 Å². The van der Waals surface area contributed by atoms with Crippen molar-refractivity contribution in [2.75, 3.05) is 16.8 Å². The molecular weight excluding hydrogens is 186 g/mol. The van der Waals surface area contributed by atoms with Gasteiger partial charge in [-0.15, -0.1) is 0 Å². The van der Waals surface area contributed by atoms with Crippen LogP contribution in [0.25, 0.3) is 0 Å². The van der Waals surface area contributed by atoms with Crippen molar-refractivity contribution in [3.63, 3.8) is 0 Å². The lowest BCUT2D eigenvalue weighted by Gasteiger charge is -2.27. The lowest BCUT2D eigenvalue weighted by Crippen LogP contribution is -2.30. The smallest absolute Gasteiger partial charge is 0.0568 e. The zero-order valence-electron chi connectivity index (χ0n) is 9.22. The second-order valence-corrected chi connectivity index (χ2v) is 4.74. The van der Waals surface area contributed by atoms with Crippen LogP contribution in [-0.4, -0.2) is 5.54 Å². The van der Waals surface area contributed by atoms with E-state index in [0.717, 1.165) is 5.69 Å². The van der Waals surface area contributed by atoms with E-state index in [1.165, 1.54) is 25.7 Å². The molecule has 3 heteroatoms. The van der Waals surface area contributed by atoms with E-state index in [2.05, 4.69) is 12.2 Å². The molecule has 0 amide bonds. The Labute approximate surface area is 90.8 Å². The molecule has 1 fully saturated rings. The third kappa shape index (κ3) is 2.17. The minimum atomic E-state index is 0.239. The molecule has 1 aromatic carbocycles. The third-order valence-electron chi connectivity index (χ3n) is 3.24. The van der Waals surface area contributed by atoms with Gasteiger partial charge in [0.25, 0.3) is 0 Å². The molecule has 0 heterocycles. The number of nitrogens with one attached hydrogen (secondary N) is 1. The lowest BCUT2D eigenvalue weighted by molar-refractivity contribution is 0.533. The van der Waals surface area contributed by atoms with Crippen LogP contribution in [0.15, 0.2) is 18.2 Å². The van der Waals surface area contributed by atoms with E-state index in [1.807, 2.05) is 18.2 Å². The van der Waals surface area contributed by atoms with E-state index >= 15 is 0 Å². The molecule has 1 aromatic rings. The number of anilines is 3. The van der Waals surface area contributed by atoms with Crippen molar-refractivity contribution in [2.24, 2.45) is 0 Å². The molecule has 0 spiro atoms. The van der Waals surface area contributed by atoms with Gasteiger partial charge in [0.05, 0.1) is 11.4 Å². The second-order valence-electron chi connectivity index (χ2n) is 4.74. The van der Waals surface area contributed by atoms with Crippen molar-refractivity contribution in [1.29, 1.82) is 0 Å². The Morgan fingerprint density at radius 3 is 2.40 bits per heavy atom. The molecular formula is C12H19N3. The number of hydrogen-bond donors (Lipinski definition) is 3. The molecule has 0 unspecified atom stereocenters. The summed E-state index contributed by atoms with van der Waals surface area (Å²) in [5.74, 6) is 0. The van der Waals surface area contributed by atoms with Crippen LogP contribution in [0.2, 0.25) is 0 Å². The highest BCUT2D eigenvalue weighted by Gasteiger charge is 2.28. The van der Waals surface area contributed by atoms with Crippen LogP contribution in [0.1, 0.15) is 32.6 Å². The maximum atomic E-state index is 5.77. The van der Waals surface area contributed by atoms with Crippen molar-refractivity contribution < 1.29 is 0 Å². The van der Waals surface area contributed by atoms with Gasteiger partial charge >= 0.3 is 0 Å². The van der Waals surface area contributed by atoms with Crippen LogP contribution in [0.4, 0.5) is 17.1 Å². The van der Waals surface area contributed by atoms with Crippen LogP contribution in [-0.2, 0) is 0 Å². The lowest BCUT2D eigenvalue weighted by atomic mass is 10.00. The van der Waals surface area contributed by atoms with E-state index in [1.54, 1.807) is 0 Å². The molecule has 3 nitrogen and oxygen atoms in total. The first-order valence-corrected chi connectivity index (χ1v) is 5.52. The average Bonchev–Trinajstić information content (AvgIpc) is 2.59. The molecule has 82 valence electrons. The number of hydrogen-bond acceptors (Lipinski definition) is 3. The van der Waals surface area contributed by atoms with Crippen LogP contribution >= 0.6 is 0 Å². The van der Waals surface area contributed by atoms with Gasteiger partial charge in [0.15, 0.2) is 0 Å². The van der Waals surface area contributed by atoms with E-state index in [-0.39, 0.29) is 5.54 Å². The molecule has 0 atom stereocenters. The summed E-state index contributed by atoms with van der Waals surface area (Å²) in [4.78, 5) is 0. The molecule has 1 saturated carbocycles. The van der Waals surface area contributed by atoms with Gasteiger partial charge in [-0.25, -0.2) is 0 Å². The van der Waals surface area contributed by atoms with Crippen LogP contribution in [0.3, 0.4) is 0 Å². The van der Waals surface area contributed by atoms with Crippen LogP contribution < -0.4 is 16.8 Å². The monoisotopic (exact) mass is 205 g/mol. The maximum Gasteiger partial charge on any atom is 0.0568 e. The van der Waals surface area contributed by atoms with Crippen molar-refractivity contribution in [3.05, 3.63) is 18.2 Å². The number of rotatable bonds is 2. The average molecular weight is 205 g/mol. The first-order chi connectivity index (χ1) is 7.09. The molecule has 15 heavy (non-hydrogen) atoms. The van der Waals surface area contributed by atoms with E-state index < -0.39 is 0 Å². The van der Waals surface area contributed by atoms with Crippen LogP contribution in [0.5, 0.6) is 0 Å². The number of nitrogen functional groups attached to an aromatic ring is 2. The number of benzene rings is 1. The second kappa shape index (κ2) is 3.65. The van der Waals surface area contributed by atoms with Gasteiger partial charge in [0, 0.05) is 11.2 Å². The Hall–Kier alpha value is -1.38.